The number of Topliss-reactive ketones (excluding diaryl/α,β-unsaturated/α-hetero) is 1. The third-order valence-corrected chi connectivity index (χ3v) is 3.99. The van der Waals surface area contributed by atoms with Crippen LogP contribution < -0.4 is 5.32 Å². The Hall–Kier alpha value is -2.85. The molecule has 1 amide bonds. The van der Waals surface area contributed by atoms with Crippen molar-refractivity contribution in [1.29, 1.82) is 0 Å². The largest absolute Gasteiger partial charge is 0.345 e. The highest BCUT2D eigenvalue weighted by atomic mass is 35.5. The average molecular weight is 339 g/mol. The molecule has 4 nitrogen and oxygen atoms in total. The van der Waals surface area contributed by atoms with E-state index in [0.717, 1.165) is 11.3 Å². The Morgan fingerprint density at radius 1 is 0.917 bits per heavy atom. The highest BCUT2D eigenvalue weighted by Gasteiger charge is 2.20. The topological polar surface area (TPSA) is 51.1 Å². The molecule has 3 aromatic rings. The van der Waals surface area contributed by atoms with Crippen LogP contribution in [0.15, 0.2) is 72.9 Å². The summed E-state index contributed by atoms with van der Waals surface area (Å²) in [6, 6.07) is 19.9. The van der Waals surface area contributed by atoms with Gasteiger partial charge in [-0.25, -0.2) is 0 Å². The van der Waals surface area contributed by atoms with E-state index in [-0.39, 0.29) is 6.54 Å². The summed E-state index contributed by atoms with van der Waals surface area (Å²) in [5.74, 6) is -1.25. The van der Waals surface area contributed by atoms with Crippen molar-refractivity contribution in [1.82, 2.24) is 9.88 Å². The Morgan fingerprint density at radius 3 is 2.38 bits per heavy atom. The van der Waals surface area contributed by atoms with Crippen LogP contribution in [0.2, 0.25) is 5.02 Å². The van der Waals surface area contributed by atoms with Crippen LogP contribution >= 0.6 is 11.6 Å². The van der Waals surface area contributed by atoms with Gasteiger partial charge in [-0.1, -0.05) is 48.0 Å². The lowest BCUT2D eigenvalue weighted by molar-refractivity contribution is -0.117. The molecule has 24 heavy (non-hydrogen) atoms. The first-order chi connectivity index (χ1) is 11.7. The molecule has 0 fully saturated rings. The summed E-state index contributed by atoms with van der Waals surface area (Å²) in [5, 5.41) is 3.17. The van der Waals surface area contributed by atoms with E-state index >= 15 is 0 Å². The molecule has 0 unspecified atom stereocenters. The predicted octanol–water partition coefficient (Wildman–Crippen LogP) is 3.63. The summed E-state index contributed by atoms with van der Waals surface area (Å²) in [5.41, 5.74) is 1.90. The van der Waals surface area contributed by atoms with Crippen LogP contribution in [-0.2, 0) is 11.3 Å². The Morgan fingerprint density at radius 2 is 1.62 bits per heavy atom. The number of rotatable bonds is 5. The molecule has 1 aromatic heterocycles. The number of halogens is 1. The van der Waals surface area contributed by atoms with E-state index in [1.807, 2.05) is 42.5 Å². The van der Waals surface area contributed by atoms with Gasteiger partial charge in [0.25, 0.3) is 11.7 Å². The van der Waals surface area contributed by atoms with Gasteiger partial charge in [-0.05, 0) is 35.9 Å². The molecular weight excluding hydrogens is 324 g/mol. The number of hydrogen-bond donors (Lipinski definition) is 1. The van der Waals surface area contributed by atoms with Crippen molar-refractivity contribution in [2.75, 3.05) is 0 Å². The molecule has 5 heteroatoms. The molecule has 0 aliphatic rings. The lowest BCUT2D eigenvalue weighted by Gasteiger charge is -2.09. The van der Waals surface area contributed by atoms with Gasteiger partial charge in [0.2, 0.25) is 0 Å². The second-order valence-corrected chi connectivity index (χ2v) is 5.61. The zero-order valence-corrected chi connectivity index (χ0v) is 13.5. The van der Waals surface area contributed by atoms with Crippen LogP contribution in [0.5, 0.6) is 0 Å². The van der Waals surface area contributed by atoms with Gasteiger partial charge in [0.1, 0.15) is 0 Å². The molecule has 2 aromatic carbocycles. The number of benzene rings is 2. The van der Waals surface area contributed by atoms with E-state index in [9.17, 15) is 9.59 Å². The smallest absolute Gasteiger partial charge is 0.294 e. The standard InChI is InChI=1S/C19H15ClN2O2/c20-16-10-5-4-7-14(16)13-21-19(24)18(23)17-11-6-12-22(17)15-8-2-1-3-9-15/h1-12H,13H2,(H,21,24). The molecule has 1 heterocycles. The molecule has 3 rings (SSSR count). The van der Waals surface area contributed by atoms with Crippen LogP contribution in [0.3, 0.4) is 0 Å². The summed E-state index contributed by atoms with van der Waals surface area (Å²) in [7, 11) is 0. The van der Waals surface area contributed by atoms with E-state index in [1.54, 1.807) is 35.0 Å². The second kappa shape index (κ2) is 7.15. The third-order valence-electron chi connectivity index (χ3n) is 3.62. The van der Waals surface area contributed by atoms with E-state index in [0.29, 0.717) is 10.7 Å². The van der Waals surface area contributed by atoms with Gasteiger partial charge in [0, 0.05) is 23.5 Å². The molecule has 1 N–H and O–H groups in total. The number of ketones is 1. The third kappa shape index (κ3) is 3.39. The number of nitrogens with zero attached hydrogens (tertiary/aromatic N) is 1. The van der Waals surface area contributed by atoms with Crippen molar-refractivity contribution in [3.8, 4) is 5.69 Å². The van der Waals surface area contributed by atoms with E-state index < -0.39 is 11.7 Å². The van der Waals surface area contributed by atoms with Crippen molar-refractivity contribution in [3.05, 3.63) is 89.2 Å². The second-order valence-electron chi connectivity index (χ2n) is 5.20. The van der Waals surface area contributed by atoms with Crippen LogP contribution in [-0.4, -0.2) is 16.3 Å². The molecule has 0 spiro atoms. The minimum Gasteiger partial charge on any atom is -0.345 e. The number of nitrogens with one attached hydrogen (secondary N) is 1. The minimum absolute atomic E-state index is 0.205. The summed E-state index contributed by atoms with van der Waals surface area (Å²) in [6.07, 6.45) is 1.75. The summed E-state index contributed by atoms with van der Waals surface area (Å²) < 4.78 is 1.69. The van der Waals surface area contributed by atoms with Crippen molar-refractivity contribution < 1.29 is 9.59 Å². The van der Waals surface area contributed by atoms with Gasteiger partial charge >= 0.3 is 0 Å². The zero-order chi connectivity index (χ0) is 16.9. The van der Waals surface area contributed by atoms with Crippen molar-refractivity contribution in [2.24, 2.45) is 0 Å². The number of carbonyl (C=O) groups excluding carboxylic acids is 2. The highest BCUT2D eigenvalue weighted by molar-refractivity contribution is 6.42. The predicted molar refractivity (Wildman–Crippen MR) is 93.4 cm³/mol. The van der Waals surface area contributed by atoms with Gasteiger partial charge in [0.05, 0.1) is 5.69 Å². The summed E-state index contributed by atoms with van der Waals surface area (Å²) in [4.78, 5) is 24.6. The maximum absolute atomic E-state index is 12.4. The number of carbonyl (C=O) groups is 2. The Labute approximate surface area is 144 Å². The summed E-state index contributed by atoms with van der Waals surface area (Å²) >= 11 is 6.05. The Kier molecular flexibility index (Phi) is 4.77. The Balaban J connectivity index is 1.74. The van der Waals surface area contributed by atoms with Gasteiger partial charge in [-0.15, -0.1) is 0 Å². The SMILES string of the molecule is O=C(NCc1ccccc1Cl)C(=O)c1cccn1-c1ccccc1. The maximum atomic E-state index is 12.4. The van der Waals surface area contributed by atoms with Gasteiger partial charge in [-0.3, -0.25) is 9.59 Å². The molecule has 0 atom stereocenters. The maximum Gasteiger partial charge on any atom is 0.294 e. The number of amides is 1. The molecule has 0 bridgehead atoms. The van der Waals surface area contributed by atoms with Crippen molar-refractivity contribution in [3.63, 3.8) is 0 Å². The zero-order valence-electron chi connectivity index (χ0n) is 12.8. The molecular formula is C19H15ClN2O2. The fraction of sp³-hybridized carbons (Fsp3) is 0.0526. The highest BCUT2D eigenvalue weighted by Crippen LogP contribution is 2.15. The van der Waals surface area contributed by atoms with Crippen molar-refractivity contribution in [2.45, 2.75) is 6.54 Å². The normalized spacial score (nSPS) is 10.4. The number of aromatic nitrogens is 1. The van der Waals surface area contributed by atoms with Crippen molar-refractivity contribution >= 4 is 23.3 Å². The molecule has 0 aliphatic carbocycles. The van der Waals surface area contributed by atoms with Gasteiger partial charge < -0.3 is 9.88 Å². The van der Waals surface area contributed by atoms with E-state index in [2.05, 4.69) is 5.32 Å². The van der Waals surface area contributed by atoms with Gasteiger partial charge in [0.15, 0.2) is 0 Å². The first-order valence-electron chi connectivity index (χ1n) is 7.45. The Bertz CT molecular complexity index is 872. The lowest BCUT2D eigenvalue weighted by Crippen LogP contribution is -2.31. The molecule has 0 aliphatic heterocycles. The first kappa shape index (κ1) is 16.0. The fourth-order valence-electron chi connectivity index (χ4n) is 2.39. The minimum atomic E-state index is -0.661. The number of hydrogen-bond acceptors (Lipinski definition) is 2. The molecule has 0 saturated carbocycles. The van der Waals surface area contributed by atoms with Gasteiger partial charge in [-0.2, -0.15) is 0 Å². The van der Waals surface area contributed by atoms with E-state index in [1.165, 1.54) is 0 Å². The van der Waals surface area contributed by atoms with E-state index in [4.69, 9.17) is 11.6 Å². The average Bonchev–Trinajstić information content (AvgIpc) is 3.10. The van der Waals surface area contributed by atoms with Crippen LogP contribution in [0.1, 0.15) is 16.1 Å². The quantitative estimate of drug-likeness (QED) is 0.570. The fourth-order valence-corrected chi connectivity index (χ4v) is 2.60. The molecule has 0 radical (unpaired) electrons. The lowest BCUT2D eigenvalue weighted by atomic mass is 10.2. The van der Waals surface area contributed by atoms with Crippen LogP contribution in [0.4, 0.5) is 0 Å². The number of para-hydroxylation sites is 1. The molecule has 0 saturated heterocycles. The van der Waals surface area contributed by atoms with Crippen LogP contribution in [0, 0.1) is 0 Å². The summed E-state index contributed by atoms with van der Waals surface area (Å²) in [6.45, 7) is 0.205. The monoisotopic (exact) mass is 338 g/mol. The molecule has 120 valence electrons. The van der Waals surface area contributed by atoms with Crippen LogP contribution in [0.25, 0.3) is 5.69 Å². The first-order valence-corrected chi connectivity index (χ1v) is 7.83.